The van der Waals surface area contributed by atoms with Gasteiger partial charge in [0.1, 0.15) is 5.82 Å². The van der Waals surface area contributed by atoms with Crippen LogP contribution in [0.1, 0.15) is 17.8 Å². The summed E-state index contributed by atoms with van der Waals surface area (Å²) in [6, 6.07) is 25.6. The molecule has 4 rings (SSSR count). The Bertz CT molecular complexity index is 1190. The molecule has 0 atom stereocenters. The van der Waals surface area contributed by atoms with Gasteiger partial charge in [0.2, 0.25) is 5.91 Å². The average molecular weight is 444 g/mol. The minimum absolute atomic E-state index is 0.0223. The number of fused-ring (bicyclic) bond motifs is 1. The molecule has 0 unspecified atom stereocenters. The minimum atomic E-state index is 0.0223. The number of methoxy groups -OCH3 is 1. The average Bonchev–Trinajstić information content (AvgIpc) is 3.20. The lowest BCUT2D eigenvalue weighted by molar-refractivity contribution is -0.120. The van der Waals surface area contributed by atoms with Crippen LogP contribution in [0.4, 0.5) is 0 Å². The number of carbonyl (C=O) groups excluding carboxylic acids is 1. The number of nitrogens with zero attached hydrogens (tertiary/aromatic N) is 2. The molecule has 0 spiro atoms. The van der Waals surface area contributed by atoms with Crippen molar-refractivity contribution in [1.29, 1.82) is 0 Å². The van der Waals surface area contributed by atoms with Crippen molar-refractivity contribution in [2.75, 3.05) is 20.3 Å². The minimum Gasteiger partial charge on any atom is -0.493 e. The molecular formula is C27H29N3O3. The molecule has 0 saturated heterocycles. The highest BCUT2D eigenvalue weighted by atomic mass is 16.5. The number of rotatable bonds is 11. The van der Waals surface area contributed by atoms with E-state index in [0.717, 1.165) is 46.9 Å². The van der Waals surface area contributed by atoms with Gasteiger partial charge >= 0.3 is 0 Å². The molecule has 0 bridgehead atoms. The van der Waals surface area contributed by atoms with Crippen molar-refractivity contribution in [2.24, 2.45) is 0 Å². The molecule has 0 saturated carbocycles. The highest BCUT2D eigenvalue weighted by molar-refractivity contribution is 5.78. The van der Waals surface area contributed by atoms with Crippen LogP contribution in [0.25, 0.3) is 11.0 Å². The van der Waals surface area contributed by atoms with Gasteiger partial charge in [0.25, 0.3) is 0 Å². The second-order valence-electron chi connectivity index (χ2n) is 7.78. The Morgan fingerprint density at radius 3 is 2.48 bits per heavy atom. The van der Waals surface area contributed by atoms with Gasteiger partial charge in [0.15, 0.2) is 11.5 Å². The van der Waals surface area contributed by atoms with E-state index in [4.69, 9.17) is 14.5 Å². The lowest BCUT2D eigenvalue weighted by atomic mass is 10.1. The summed E-state index contributed by atoms with van der Waals surface area (Å²) in [5.74, 6) is 2.47. The smallest absolute Gasteiger partial charge is 0.224 e. The molecule has 6 heteroatoms. The Morgan fingerprint density at radius 2 is 1.67 bits per heavy atom. The third-order valence-electron chi connectivity index (χ3n) is 5.46. The van der Waals surface area contributed by atoms with E-state index in [-0.39, 0.29) is 5.91 Å². The molecule has 4 aromatic rings. The van der Waals surface area contributed by atoms with E-state index < -0.39 is 0 Å². The maximum absolute atomic E-state index is 12.3. The Balaban J connectivity index is 1.34. The molecule has 33 heavy (non-hydrogen) atoms. The zero-order valence-corrected chi connectivity index (χ0v) is 18.9. The standard InChI is InChI=1S/C27H29N3O3/c1-32-24-14-7-8-15-25(24)33-19-9-18-30-23-13-6-5-12-22(23)29-26(30)16-17-28-27(31)20-21-10-3-2-4-11-21/h2-8,10-15H,9,16-20H2,1H3,(H,28,31). The number of ether oxygens (including phenoxy) is 2. The third-order valence-corrected chi connectivity index (χ3v) is 5.46. The summed E-state index contributed by atoms with van der Waals surface area (Å²) in [6.07, 6.45) is 1.88. The predicted octanol–water partition coefficient (Wildman–Crippen LogP) is 4.42. The van der Waals surface area contributed by atoms with Gasteiger partial charge in [-0.15, -0.1) is 0 Å². The number of para-hydroxylation sites is 4. The second kappa shape index (κ2) is 11.2. The first-order valence-electron chi connectivity index (χ1n) is 11.2. The van der Waals surface area contributed by atoms with Crippen molar-refractivity contribution < 1.29 is 14.3 Å². The van der Waals surface area contributed by atoms with Gasteiger partial charge in [-0.25, -0.2) is 4.98 Å². The molecule has 0 aliphatic rings. The molecule has 0 fully saturated rings. The highest BCUT2D eigenvalue weighted by Crippen LogP contribution is 2.26. The fourth-order valence-corrected chi connectivity index (χ4v) is 3.87. The molecule has 0 aliphatic heterocycles. The van der Waals surface area contributed by atoms with Crippen LogP contribution < -0.4 is 14.8 Å². The Labute approximate surface area is 194 Å². The molecule has 6 nitrogen and oxygen atoms in total. The van der Waals surface area contributed by atoms with Crippen LogP contribution in [0.5, 0.6) is 11.5 Å². The van der Waals surface area contributed by atoms with Crippen LogP contribution in [0.15, 0.2) is 78.9 Å². The Kier molecular flexibility index (Phi) is 7.59. The van der Waals surface area contributed by atoms with Crippen LogP contribution in [0.2, 0.25) is 0 Å². The maximum Gasteiger partial charge on any atom is 0.224 e. The molecule has 1 heterocycles. The molecule has 1 N–H and O–H groups in total. The van der Waals surface area contributed by atoms with Gasteiger partial charge < -0.3 is 19.4 Å². The summed E-state index contributed by atoms with van der Waals surface area (Å²) in [5.41, 5.74) is 3.08. The number of hydrogen-bond acceptors (Lipinski definition) is 4. The molecule has 0 radical (unpaired) electrons. The largest absolute Gasteiger partial charge is 0.493 e. The van der Waals surface area contributed by atoms with Crippen molar-refractivity contribution in [3.63, 3.8) is 0 Å². The zero-order valence-electron chi connectivity index (χ0n) is 18.9. The fourth-order valence-electron chi connectivity index (χ4n) is 3.87. The van der Waals surface area contributed by atoms with E-state index in [0.29, 0.717) is 26.0 Å². The summed E-state index contributed by atoms with van der Waals surface area (Å²) in [7, 11) is 1.64. The number of aryl methyl sites for hydroxylation is 1. The topological polar surface area (TPSA) is 65.4 Å². The van der Waals surface area contributed by atoms with E-state index in [9.17, 15) is 4.79 Å². The number of benzene rings is 3. The number of imidazole rings is 1. The summed E-state index contributed by atoms with van der Waals surface area (Å²) in [5, 5.41) is 3.02. The van der Waals surface area contributed by atoms with Crippen LogP contribution in [0, 0.1) is 0 Å². The Morgan fingerprint density at radius 1 is 0.939 bits per heavy atom. The lowest BCUT2D eigenvalue weighted by Crippen LogP contribution is -2.28. The zero-order chi connectivity index (χ0) is 22.9. The first kappa shape index (κ1) is 22.4. The Hall–Kier alpha value is -3.80. The van der Waals surface area contributed by atoms with Crippen LogP contribution in [-0.2, 0) is 24.2 Å². The summed E-state index contributed by atoms with van der Waals surface area (Å²) in [6.45, 7) is 1.90. The van der Waals surface area contributed by atoms with Gasteiger partial charge in [-0.3, -0.25) is 4.79 Å². The first-order chi connectivity index (χ1) is 16.2. The molecule has 3 aromatic carbocycles. The monoisotopic (exact) mass is 443 g/mol. The predicted molar refractivity (Wildman–Crippen MR) is 130 cm³/mol. The molecule has 170 valence electrons. The van der Waals surface area contributed by atoms with Gasteiger partial charge in [0, 0.05) is 19.5 Å². The molecular weight excluding hydrogens is 414 g/mol. The normalized spacial score (nSPS) is 10.8. The number of amides is 1. The van der Waals surface area contributed by atoms with Gasteiger partial charge in [-0.2, -0.15) is 0 Å². The first-order valence-corrected chi connectivity index (χ1v) is 11.2. The van der Waals surface area contributed by atoms with E-state index in [1.807, 2.05) is 72.8 Å². The van der Waals surface area contributed by atoms with Crippen molar-refractivity contribution in [3.8, 4) is 11.5 Å². The number of nitrogens with one attached hydrogen (secondary N) is 1. The van der Waals surface area contributed by atoms with Crippen LogP contribution in [0.3, 0.4) is 0 Å². The van der Waals surface area contributed by atoms with Crippen molar-refractivity contribution in [2.45, 2.75) is 25.8 Å². The van der Waals surface area contributed by atoms with E-state index in [2.05, 4.69) is 16.0 Å². The fraction of sp³-hybridized carbons (Fsp3) is 0.259. The molecule has 0 aliphatic carbocycles. The van der Waals surface area contributed by atoms with Crippen LogP contribution >= 0.6 is 0 Å². The SMILES string of the molecule is COc1ccccc1OCCCn1c(CCNC(=O)Cc2ccccc2)nc2ccccc21. The van der Waals surface area contributed by atoms with Gasteiger partial charge in [0.05, 0.1) is 31.2 Å². The maximum atomic E-state index is 12.3. The molecule has 1 aromatic heterocycles. The summed E-state index contributed by atoms with van der Waals surface area (Å²) >= 11 is 0. The molecule has 1 amide bonds. The third kappa shape index (κ3) is 5.92. The lowest BCUT2D eigenvalue weighted by Gasteiger charge is -2.12. The summed E-state index contributed by atoms with van der Waals surface area (Å²) in [4.78, 5) is 17.1. The number of aromatic nitrogens is 2. The number of hydrogen-bond donors (Lipinski definition) is 1. The van der Waals surface area contributed by atoms with E-state index in [1.165, 1.54) is 0 Å². The van der Waals surface area contributed by atoms with Crippen molar-refractivity contribution >= 4 is 16.9 Å². The van der Waals surface area contributed by atoms with Crippen LogP contribution in [-0.4, -0.2) is 35.7 Å². The van der Waals surface area contributed by atoms with E-state index in [1.54, 1.807) is 7.11 Å². The van der Waals surface area contributed by atoms with Crippen molar-refractivity contribution in [3.05, 3.63) is 90.3 Å². The summed E-state index contributed by atoms with van der Waals surface area (Å²) < 4.78 is 13.5. The van der Waals surface area contributed by atoms with Gasteiger partial charge in [-0.05, 0) is 36.2 Å². The quantitative estimate of drug-likeness (QED) is 0.349. The highest BCUT2D eigenvalue weighted by Gasteiger charge is 2.11. The number of carbonyl (C=O) groups is 1. The second-order valence-corrected chi connectivity index (χ2v) is 7.78. The van der Waals surface area contributed by atoms with Gasteiger partial charge in [-0.1, -0.05) is 54.6 Å². The van der Waals surface area contributed by atoms with E-state index >= 15 is 0 Å². The van der Waals surface area contributed by atoms with Crippen molar-refractivity contribution in [1.82, 2.24) is 14.9 Å².